The lowest BCUT2D eigenvalue weighted by Gasteiger charge is -2.00. The zero-order valence-corrected chi connectivity index (χ0v) is 9.55. The molecule has 0 atom stereocenters. The van der Waals surface area contributed by atoms with E-state index >= 15 is 0 Å². The van der Waals surface area contributed by atoms with Crippen molar-refractivity contribution in [3.8, 4) is 0 Å². The fourth-order valence-corrected chi connectivity index (χ4v) is 1.66. The first kappa shape index (κ1) is 9.54. The molecule has 0 fully saturated rings. The lowest BCUT2D eigenvalue weighted by atomic mass is 10.6. The molecule has 0 aliphatic carbocycles. The van der Waals surface area contributed by atoms with Gasteiger partial charge < -0.3 is 5.32 Å². The Kier molecular flexibility index (Phi) is 3.05. The van der Waals surface area contributed by atoms with Gasteiger partial charge in [-0.15, -0.1) is 11.3 Å². The average molecular weight is 271 g/mol. The fraction of sp³-hybridized carbons (Fsp3) is 0.125. The standard InChI is InChI=1S/C8H7BrN4S/c9-6-3-11-8(12-4-6)13-5-7-10-1-2-14-7/h1-4H,5H2,(H,11,12,13). The third-order valence-electron chi connectivity index (χ3n) is 1.50. The van der Waals surface area contributed by atoms with Gasteiger partial charge in [-0.05, 0) is 15.9 Å². The van der Waals surface area contributed by atoms with Gasteiger partial charge in [0, 0.05) is 24.0 Å². The third kappa shape index (κ3) is 2.49. The van der Waals surface area contributed by atoms with Crippen LogP contribution in [0.2, 0.25) is 0 Å². The van der Waals surface area contributed by atoms with Crippen molar-refractivity contribution < 1.29 is 0 Å². The van der Waals surface area contributed by atoms with Crippen LogP contribution in [-0.4, -0.2) is 15.0 Å². The number of anilines is 1. The van der Waals surface area contributed by atoms with E-state index in [0.29, 0.717) is 12.5 Å². The molecular weight excluding hydrogens is 264 g/mol. The first-order chi connectivity index (χ1) is 6.84. The lowest BCUT2D eigenvalue weighted by molar-refractivity contribution is 1.03. The molecular formula is C8H7BrN4S. The zero-order valence-electron chi connectivity index (χ0n) is 7.14. The molecule has 1 N–H and O–H groups in total. The number of rotatable bonds is 3. The van der Waals surface area contributed by atoms with Crippen LogP contribution in [0.3, 0.4) is 0 Å². The summed E-state index contributed by atoms with van der Waals surface area (Å²) < 4.78 is 0.872. The van der Waals surface area contributed by atoms with E-state index in [1.807, 2.05) is 5.38 Å². The Morgan fingerprint density at radius 3 is 2.71 bits per heavy atom. The molecule has 6 heteroatoms. The highest BCUT2D eigenvalue weighted by Gasteiger charge is 1.97. The van der Waals surface area contributed by atoms with Gasteiger partial charge in [0.05, 0.1) is 11.0 Å². The molecule has 0 saturated carbocycles. The minimum Gasteiger partial charge on any atom is -0.348 e. The molecule has 2 heterocycles. The van der Waals surface area contributed by atoms with Gasteiger partial charge in [-0.25, -0.2) is 15.0 Å². The summed E-state index contributed by atoms with van der Waals surface area (Å²) in [5, 5.41) is 6.05. The molecule has 2 rings (SSSR count). The predicted octanol–water partition coefficient (Wildman–Crippen LogP) is 2.31. The van der Waals surface area contributed by atoms with Crippen molar-refractivity contribution >= 4 is 33.2 Å². The Labute approximate surface area is 93.6 Å². The zero-order chi connectivity index (χ0) is 9.80. The first-order valence-electron chi connectivity index (χ1n) is 3.94. The second-order valence-corrected chi connectivity index (χ2v) is 4.40. The molecule has 4 nitrogen and oxygen atoms in total. The minimum atomic E-state index is 0.614. The largest absolute Gasteiger partial charge is 0.348 e. The van der Waals surface area contributed by atoms with Gasteiger partial charge in [-0.3, -0.25) is 0 Å². The van der Waals surface area contributed by atoms with E-state index in [1.165, 1.54) is 0 Å². The Hall–Kier alpha value is -1.01. The van der Waals surface area contributed by atoms with Crippen LogP contribution in [0.4, 0.5) is 5.95 Å². The summed E-state index contributed by atoms with van der Waals surface area (Å²) in [5.74, 6) is 0.614. The smallest absolute Gasteiger partial charge is 0.223 e. The molecule has 2 aromatic rings. The van der Waals surface area contributed by atoms with Gasteiger partial charge in [0.2, 0.25) is 5.95 Å². The van der Waals surface area contributed by atoms with Crippen molar-refractivity contribution in [2.24, 2.45) is 0 Å². The molecule has 14 heavy (non-hydrogen) atoms. The monoisotopic (exact) mass is 270 g/mol. The van der Waals surface area contributed by atoms with Crippen LogP contribution in [0.5, 0.6) is 0 Å². The predicted molar refractivity (Wildman–Crippen MR) is 59.2 cm³/mol. The van der Waals surface area contributed by atoms with Crippen molar-refractivity contribution in [1.29, 1.82) is 0 Å². The maximum Gasteiger partial charge on any atom is 0.223 e. The van der Waals surface area contributed by atoms with E-state index in [2.05, 4.69) is 36.2 Å². The van der Waals surface area contributed by atoms with E-state index in [1.54, 1.807) is 29.9 Å². The fourth-order valence-electron chi connectivity index (χ4n) is 0.899. The highest BCUT2D eigenvalue weighted by molar-refractivity contribution is 9.10. The van der Waals surface area contributed by atoms with E-state index in [-0.39, 0.29) is 0 Å². The summed E-state index contributed by atoms with van der Waals surface area (Å²) in [6, 6.07) is 0. The quantitative estimate of drug-likeness (QED) is 0.930. The summed E-state index contributed by atoms with van der Waals surface area (Å²) in [6.45, 7) is 0.666. The van der Waals surface area contributed by atoms with Gasteiger partial charge >= 0.3 is 0 Å². The van der Waals surface area contributed by atoms with Crippen molar-refractivity contribution in [3.63, 3.8) is 0 Å². The number of hydrogen-bond donors (Lipinski definition) is 1. The summed E-state index contributed by atoms with van der Waals surface area (Å²) in [7, 11) is 0. The lowest BCUT2D eigenvalue weighted by Crippen LogP contribution is -2.02. The van der Waals surface area contributed by atoms with Crippen LogP contribution in [-0.2, 0) is 6.54 Å². The molecule has 0 amide bonds. The molecule has 0 unspecified atom stereocenters. The molecule has 72 valence electrons. The Morgan fingerprint density at radius 1 is 1.29 bits per heavy atom. The van der Waals surface area contributed by atoms with Crippen molar-refractivity contribution in [2.45, 2.75) is 6.54 Å². The molecule has 0 bridgehead atoms. The van der Waals surface area contributed by atoms with Crippen LogP contribution >= 0.6 is 27.3 Å². The molecule has 0 aromatic carbocycles. The summed E-state index contributed by atoms with van der Waals surface area (Å²) >= 11 is 4.88. The van der Waals surface area contributed by atoms with Crippen LogP contribution in [0, 0.1) is 0 Å². The number of hydrogen-bond acceptors (Lipinski definition) is 5. The van der Waals surface area contributed by atoms with Crippen LogP contribution in [0.15, 0.2) is 28.4 Å². The number of thiazole rings is 1. The first-order valence-corrected chi connectivity index (χ1v) is 5.61. The molecule has 0 radical (unpaired) electrons. The second kappa shape index (κ2) is 4.47. The number of nitrogens with one attached hydrogen (secondary N) is 1. The van der Waals surface area contributed by atoms with Crippen LogP contribution < -0.4 is 5.32 Å². The molecule has 0 aliphatic heterocycles. The maximum atomic E-state index is 4.14. The molecule has 0 saturated heterocycles. The number of aromatic nitrogens is 3. The SMILES string of the molecule is Brc1cnc(NCc2nccs2)nc1. The average Bonchev–Trinajstić information content (AvgIpc) is 2.70. The normalized spacial score (nSPS) is 10.1. The van der Waals surface area contributed by atoms with Gasteiger partial charge in [-0.1, -0.05) is 0 Å². The molecule has 0 aliphatic rings. The number of halogens is 1. The molecule has 0 spiro atoms. The van der Waals surface area contributed by atoms with Gasteiger partial charge in [0.15, 0.2) is 0 Å². The minimum absolute atomic E-state index is 0.614. The highest BCUT2D eigenvalue weighted by atomic mass is 79.9. The summed E-state index contributed by atoms with van der Waals surface area (Å²) in [5.41, 5.74) is 0. The van der Waals surface area contributed by atoms with E-state index in [0.717, 1.165) is 9.48 Å². The summed E-state index contributed by atoms with van der Waals surface area (Å²) in [4.78, 5) is 12.3. The van der Waals surface area contributed by atoms with E-state index in [9.17, 15) is 0 Å². The Balaban J connectivity index is 1.95. The van der Waals surface area contributed by atoms with Crippen molar-refractivity contribution in [1.82, 2.24) is 15.0 Å². The third-order valence-corrected chi connectivity index (χ3v) is 2.69. The Bertz CT molecular complexity index is 386. The van der Waals surface area contributed by atoms with Crippen molar-refractivity contribution in [2.75, 3.05) is 5.32 Å². The topological polar surface area (TPSA) is 50.7 Å². The van der Waals surface area contributed by atoms with Crippen molar-refractivity contribution in [3.05, 3.63) is 33.5 Å². The number of nitrogens with zero attached hydrogens (tertiary/aromatic N) is 3. The Morgan fingerprint density at radius 2 is 2.07 bits per heavy atom. The summed E-state index contributed by atoms with van der Waals surface area (Å²) in [6.07, 6.45) is 5.19. The highest BCUT2D eigenvalue weighted by Crippen LogP contribution is 2.09. The van der Waals surface area contributed by atoms with E-state index < -0.39 is 0 Å². The van der Waals surface area contributed by atoms with Crippen LogP contribution in [0.25, 0.3) is 0 Å². The van der Waals surface area contributed by atoms with Gasteiger partial charge in [0.1, 0.15) is 5.01 Å². The van der Waals surface area contributed by atoms with Gasteiger partial charge in [-0.2, -0.15) is 0 Å². The second-order valence-electron chi connectivity index (χ2n) is 2.50. The van der Waals surface area contributed by atoms with Crippen LogP contribution in [0.1, 0.15) is 5.01 Å². The van der Waals surface area contributed by atoms with Gasteiger partial charge in [0.25, 0.3) is 0 Å². The molecule has 2 aromatic heterocycles. The van der Waals surface area contributed by atoms with E-state index in [4.69, 9.17) is 0 Å². The maximum absolute atomic E-state index is 4.14.